The number of ether oxygens (including phenoxy) is 1. The van der Waals surface area contributed by atoms with Gasteiger partial charge < -0.3 is 20.7 Å². The molecular formula is C20H29N3O4. The summed E-state index contributed by atoms with van der Waals surface area (Å²) >= 11 is 0. The highest BCUT2D eigenvalue weighted by Crippen LogP contribution is 2.27. The van der Waals surface area contributed by atoms with Gasteiger partial charge in [-0.15, -0.1) is 0 Å². The topological polar surface area (TPSA) is 96.5 Å². The smallest absolute Gasteiger partial charge is 0.408 e. The van der Waals surface area contributed by atoms with Crippen LogP contribution >= 0.6 is 0 Å². The Morgan fingerprint density at radius 2 is 1.48 bits per heavy atom. The van der Waals surface area contributed by atoms with Gasteiger partial charge in [-0.2, -0.15) is 0 Å². The first-order valence-corrected chi connectivity index (χ1v) is 9.38. The van der Waals surface area contributed by atoms with Gasteiger partial charge in [-0.05, 0) is 63.8 Å². The van der Waals surface area contributed by atoms with Crippen LogP contribution in [-0.4, -0.2) is 30.1 Å². The molecule has 1 fully saturated rings. The van der Waals surface area contributed by atoms with Gasteiger partial charge in [-0.1, -0.05) is 12.8 Å². The maximum Gasteiger partial charge on any atom is 0.408 e. The number of nitrogens with one attached hydrogen (secondary N) is 3. The third kappa shape index (κ3) is 8.11. The van der Waals surface area contributed by atoms with Gasteiger partial charge in [0.1, 0.15) is 12.1 Å². The van der Waals surface area contributed by atoms with Crippen LogP contribution in [0, 0.1) is 5.92 Å². The molecule has 1 aromatic carbocycles. The molecule has 148 valence electrons. The Bertz CT molecular complexity index is 659. The number of alkyl carbamates (subject to hydrolysis) is 1. The predicted octanol–water partition coefficient (Wildman–Crippen LogP) is 3.67. The minimum atomic E-state index is -0.641. The van der Waals surface area contributed by atoms with Crippen molar-refractivity contribution >= 4 is 29.3 Å². The van der Waals surface area contributed by atoms with Crippen molar-refractivity contribution < 1.29 is 19.1 Å². The van der Waals surface area contributed by atoms with E-state index in [0.717, 1.165) is 12.8 Å². The van der Waals surface area contributed by atoms with Crippen molar-refractivity contribution in [1.82, 2.24) is 5.32 Å². The summed E-state index contributed by atoms with van der Waals surface area (Å²) in [6, 6.07) is 6.89. The largest absolute Gasteiger partial charge is 0.444 e. The molecule has 2 rings (SSSR count). The number of rotatable bonds is 6. The Balaban J connectivity index is 1.73. The van der Waals surface area contributed by atoms with Crippen LogP contribution in [0.4, 0.5) is 16.2 Å². The number of carbonyl (C=O) groups is 3. The number of hydrogen-bond donors (Lipinski definition) is 3. The fourth-order valence-electron chi connectivity index (χ4n) is 3.00. The summed E-state index contributed by atoms with van der Waals surface area (Å²) in [6.45, 7) is 5.07. The highest BCUT2D eigenvalue weighted by atomic mass is 16.6. The summed E-state index contributed by atoms with van der Waals surface area (Å²) in [6.07, 6.45) is 4.63. The summed E-state index contributed by atoms with van der Waals surface area (Å²) < 4.78 is 5.07. The van der Waals surface area contributed by atoms with Crippen molar-refractivity contribution in [2.75, 3.05) is 17.2 Å². The van der Waals surface area contributed by atoms with Gasteiger partial charge in [0.05, 0.1) is 0 Å². The monoisotopic (exact) mass is 375 g/mol. The third-order valence-corrected chi connectivity index (χ3v) is 4.19. The van der Waals surface area contributed by atoms with Crippen LogP contribution in [0.5, 0.6) is 0 Å². The molecule has 3 N–H and O–H groups in total. The van der Waals surface area contributed by atoms with Crippen LogP contribution in [0.2, 0.25) is 0 Å². The second-order valence-electron chi connectivity index (χ2n) is 7.88. The number of benzene rings is 1. The molecular weight excluding hydrogens is 346 g/mol. The molecule has 1 saturated carbocycles. The van der Waals surface area contributed by atoms with E-state index in [1.807, 2.05) is 0 Å². The predicted molar refractivity (Wildman–Crippen MR) is 105 cm³/mol. The molecule has 0 bridgehead atoms. The van der Waals surface area contributed by atoms with Crippen LogP contribution in [0.1, 0.15) is 52.9 Å². The number of anilines is 2. The Kier molecular flexibility index (Phi) is 7.21. The highest BCUT2D eigenvalue weighted by molar-refractivity contribution is 5.94. The molecule has 3 amide bonds. The molecule has 0 aliphatic heterocycles. The molecule has 1 aliphatic rings. The van der Waals surface area contributed by atoms with Crippen LogP contribution in [0.25, 0.3) is 0 Å². The average Bonchev–Trinajstić information content (AvgIpc) is 3.06. The molecule has 7 heteroatoms. The van der Waals surface area contributed by atoms with Gasteiger partial charge >= 0.3 is 6.09 Å². The van der Waals surface area contributed by atoms with Crippen LogP contribution in [0.15, 0.2) is 24.3 Å². The summed E-state index contributed by atoms with van der Waals surface area (Å²) in [7, 11) is 0. The Morgan fingerprint density at radius 3 is 2.00 bits per heavy atom. The molecule has 1 aliphatic carbocycles. The first-order valence-electron chi connectivity index (χ1n) is 9.38. The number of carbonyl (C=O) groups excluding carboxylic acids is 3. The highest BCUT2D eigenvalue weighted by Gasteiger charge is 2.18. The standard InChI is InChI=1S/C20H29N3O4/c1-20(2,3)27-19(26)21-13-18(25)23-16-10-8-15(9-11-16)22-17(24)12-14-6-4-5-7-14/h8-11,14H,4-7,12-13H2,1-3H3,(H,21,26)(H,22,24)(H,23,25). The van der Waals surface area contributed by atoms with E-state index < -0.39 is 11.7 Å². The number of hydrogen-bond acceptors (Lipinski definition) is 4. The minimum absolute atomic E-state index is 0.0280. The van der Waals surface area contributed by atoms with Crippen molar-refractivity contribution in [1.29, 1.82) is 0 Å². The molecule has 7 nitrogen and oxygen atoms in total. The molecule has 0 heterocycles. The van der Waals surface area contributed by atoms with Crippen molar-refractivity contribution in [2.24, 2.45) is 5.92 Å². The van der Waals surface area contributed by atoms with E-state index in [-0.39, 0.29) is 18.4 Å². The molecule has 0 unspecified atom stereocenters. The fourth-order valence-corrected chi connectivity index (χ4v) is 3.00. The zero-order valence-corrected chi connectivity index (χ0v) is 16.3. The van der Waals surface area contributed by atoms with E-state index in [9.17, 15) is 14.4 Å². The molecule has 0 saturated heterocycles. The molecule has 27 heavy (non-hydrogen) atoms. The van der Waals surface area contributed by atoms with Crippen LogP contribution in [-0.2, 0) is 14.3 Å². The first kappa shape index (κ1) is 20.7. The van der Waals surface area contributed by atoms with Gasteiger partial charge in [-0.3, -0.25) is 9.59 Å². The summed E-state index contributed by atoms with van der Waals surface area (Å²) in [4.78, 5) is 35.5. The quantitative estimate of drug-likeness (QED) is 0.707. The lowest BCUT2D eigenvalue weighted by Gasteiger charge is -2.19. The second kappa shape index (κ2) is 9.39. The van der Waals surface area contributed by atoms with Gasteiger partial charge in [0.15, 0.2) is 0 Å². The zero-order valence-electron chi connectivity index (χ0n) is 16.3. The Morgan fingerprint density at radius 1 is 0.963 bits per heavy atom. The summed E-state index contributed by atoms with van der Waals surface area (Å²) in [5, 5.41) is 7.96. The maximum atomic E-state index is 12.0. The lowest BCUT2D eigenvalue weighted by Crippen LogP contribution is -2.37. The van der Waals surface area contributed by atoms with Crippen LogP contribution < -0.4 is 16.0 Å². The van der Waals surface area contributed by atoms with E-state index in [2.05, 4.69) is 16.0 Å². The number of amides is 3. The second-order valence-corrected chi connectivity index (χ2v) is 7.88. The molecule has 0 atom stereocenters. The van der Waals surface area contributed by atoms with E-state index in [0.29, 0.717) is 23.7 Å². The van der Waals surface area contributed by atoms with Gasteiger partial charge in [0, 0.05) is 17.8 Å². The minimum Gasteiger partial charge on any atom is -0.444 e. The normalized spacial score (nSPS) is 14.5. The van der Waals surface area contributed by atoms with Gasteiger partial charge in [0.2, 0.25) is 11.8 Å². The lowest BCUT2D eigenvalue weighted by atomic mass is 10.0. The van der Waals surface area contributed by atoms with Crippen molar-refractivity contribution in [3.8, 4) is 0 Å². The lowest BCUT2D eigenvalue weighted by molar-refractivity contribution is -0.117. The zero-order chi connectivity index (χ0) is 19.9. The van der Waals surface area contributed by atoms with Gasteiger partial charge in [-0.25, -0.2) is 4.79 Å². The maximum absolute atomic E-state index is 12.0. The molecule has 1 aromatic rings. The van der Waals surface area contributed by atoms with Crippen molar-refractivity contribution in [2.45, 2.75) is 58.5 Å². The summed E-state index contributed by atoms with van der Waals surface area (Å²) in [5.41, 5.74) is 0.668. The molecule has 0 aromatic heterocycles. The fraction of sp³-hybridized carbons (Fsp3) is 0.550. The van der Waals surface area contributed by atoms with Crippen LogP contribution in [0.3, 0.4) is 0 Å². The molecule has 0 spiro atoms. The third-order valence-electron chi connectivity index (χ3n) is 4.19. The summed E-state index contributed by atoms with van der Waals surface area (Å²) in [5.74, 6) is 0.167. The SMILES string of the molecule is CC(C)(C)OC(=O)NCC(=O)Nc1ccc(NC(=O)CC2CCCC2)cc1. The first-order chi connectivity index (χ1) is 12.7. The van der Waals surface area contributed by atoms with Crippen molar-refractivity contribution in [3.63, 3.8) is 0 Å². The van der Waals surface area contributed by atoms with E-state index >= 15 is 0 Å². The Labute approximate surface area is 160 Å². The Hall–Kier alpha value is -2.57. The van der Waals surface area contributed by atoms with Gasteiger partial charge in [0.25, 0.3) is 0 Å². The van der Waals surface area contributed by atoms with E-state index in [4.69, 9.17) is 4.74 Å². The molecule has 0 radical (unpaired) electrons. The van der Waals surface area contributed by atoms with E-state index in [1.165, 1.54) is 12.8 Å². The van der Waals surface area contributed by atoms with Crippen molar-refractivity contribution in [3.05, 3.63) is 24.3 Å². The average molecular weight is 375 g/mol. The van der Waals surface area contributed by atoms with E-state index in [1.54, 1.807) is 45.0 Å².